The number of carbonyl (C=O) groups excluding carboxylic acids is 1. The van der Waals surface area contributed by atoms with Crippen LogP contribution in [0.4, 0.5) is 0 Å². The van der Waals surface area contributed by atoms with Crippen molar-refractivity contribution in [1.29, 1.82) is 0 Å². The van der Waals surface area contributed by atoms with Gasteiger partial charge in [0.25, 0.3) is 0 Å². The summed E-state index contributed by atoms with van der Waals surface area (Å²) in [5.41, 5.74) is 1.13. The first-order chi connectivity index (χ1) is 12.2. The molecule has 2 aromatic rings. The Hall–Kier alpha value is -2.37. The van der Waals surface area contributed by atoms with E-state index in [1.165, 1.54) is 6.08 Å². The van der Waals surface area contributed by atoms with Gasteiger partial charge in [-0.3, -0.25) is 9.69 Å². The van der Waals surface area contributed by atoms with Gasteiger partial charge in [-0.2, -0.15) is 0 Å². The Morgan fingerprint density at radius 1 is 1.16 bits per heavy atom. The third-order valence-corrected chi connectivity index (χ3v) is 4.50. The lowest BCUT2D eigenvalue weighted by Gasteiger charge is -2.34. The highest BCUT2D eigenvalue weighted by Crippen LogP contribution is 2.15. The van der Waals surface area contributed by atoms with E-state index in [4.69, 9.17) is 4.42 Å². The van der Waals surface area contributed by atoms with E-state index in [9.17, 15) is 4.79 Å². The van der Waals surface area contributed by atoms with Crippen molar-refractivity contribution in [3.63, 3.8) is 0 Å². The molecule has 1 aliphatic rings. The fraction of sp³-hybridized carbons (Fsp3) is 0.350. The highest BCUT2D eigenvalue weighted by molar-refractivity contribution is 5.91. The van der Waals surface area contributed by atoms with Crippen LogP contribution in [0.25, 0.3) is 6.08 Å². The number of benzene rings is 1. The van der Waals surface area contributed by atoms with Crippen LogP contribution in [0.1, 0.15) is 17.4 Å². The molecule has 1 amide bonds. The lowest BCUT2D eigenvalue weighted by atomic mass is 10.1. The summed E-state index contributed by atoms with van der Waals surface area (Å²) < 4.78 is 5.23. The number of likely N-dealkylation sites (N-methyl/N-ethyl adjacent to an activating group) is 1. The Labute approximate surface area is 148 Å². The molecule has 1 fully saturated rings. The first-order valence-corrected chi connectivity index (χ1v) is 8.68. The van der Waals surface area contributed by atoms with E-state index in [1.54, 1.807) is 18.4 Å². The molecule has 1 saturated heterocycles. The number of carbonyl (C=O) groups is 1. The van der Waals surface area contributed by atoms with Crippen molar-refractivity contribution in [2.75, 3.05) is 39.8 Å². The summed E-state index contributed by atoms with van der Waals surface area (Å²) in [6.45, 7) is 5.00. The molecule has 0 radical (unpaired) electrons. The molecule has 0 bridgehead atoms. The number of furan rings is 1. The van der Waals surface area contributed by atoms with Crippen LogP contribution in [0.15, 0.2) is 59.2 Å². The summed E-state index contributed by atoms with van der Waals surface area (Å²) in [4.78, 5) is 17.1. The minimum Gasteiger partial charge on any atom is -0.465 e. The molecule has 5 heteroatoms. The molecule has 5 nitrogen and oxygen atoms in total. The van der Waals surface area contributed by atoms with Crippen LogP contribution < -0.4 is 5.32 Å². The molecule has 1 atom stereocenters. The average Bonchev–Trinajstić information content (AvgIpc) is 3.16. The van der Waals surface area contributed by atoms with Gasteiger partial charge < -0.3 is 14.6 Å². The number of amides is 1. The quantitative estimate of drug-likeness (QED) is 0.821. The molecule has 25 heavy (non-hydrogen) atoms. The zero-order valence-electron chi connectivity index (χ0n) is 14.6. The molecular weight excluding hydrogens is 314 g/mol. The van der Waals surface area contributed by atoms with Gasteiger partial charge in [-0.1, -0.05) is 30.3 Å². The smallest absolute Gasteiger partial charge is 0.244 e. The van der Waals surface area contributed by atoms with Gasteiger partial charge in [0.15, 0.2) is 0 Å². The summed E-state index contributed by atoms with van der Waals surface area (Å²) >= 11 is 0. The maximum absolute atomic E-state index is 12.3. The normalized spacial score (nSPS) is 17.6. The Morgan fingerprint density at radius 2 is 1.92 bits per heavy atom. The zero-order valence-corrected chi connectivity index (χ0v) is 14.6. The van der Waals surface area contributed by atoms with Gasteiger partial charge in [-0.15, -0.1) is 0 Å². The first kappa shape index (κ1) is 17.5. The van der Waals surface area contributed by atoms with E-state index in [1.807, 2.05) is 24.3 Å². The van der Waals surface area contributed by atoms with Crippen molar-refractivity contribution in [1.82, 2.24) is 15.1 Å². The number of hydrogen-bond acceptors (Lipinski definition) is 4. The minimum atomic E-state index is -0.112. The minimum absolute atomic E-state index is 0.0293. The number of nitrogens with one attached hydrogen (secondary N) is 1. The molecular formula is C20H25N3O2. The van der Waals surface area contributed by atoms with Crippen LogP contribution in [0, 0.1) is 0 Å². The molecule has 1 aromatic carbocycles. The maximum atomic E-state index is 12.3. The predicted octanol–water partition coefficient (Wildman–Crippen LogP) is 2.40. The van der Waals surface area contributed by atoms with Crippen molar-refractivity contribution in [3.8, 4) is 0 Å². The predicted molar refractivity (Wildman–Crippen MR) is 99.0 cm³/mol. The summed E-state index contributed by atoms with van der Waals surface area (Å²) in [5.74, 6) is 0.560. The van der Waals surface area contributed by atoms with E-state index in [0.29, 0.717) is 5.76 Å². The summed E-state index contributed by atoms with van der Waals surface area (Å²) in [5, 5.41) is 3.13. The fourth-order valence-corrected chi connectivity index (χ4v) is 2.97. The van der Waals surface area contributed by atoms with Crippen LogP contribution in [-0.4, -0.2) is 55.5 Å². The van der Waals surface area contributed by atoms with Crippen molar-refractivity contribution in [3.05, 3.63) is 66.1 Å². The van der Waals surface area contributed by atoms with E-state index >= 15 is 0 Å². The Bertz CT molecular complexity index is 674. The second kappa shape index (κ2) is 8.65. The van der Waals surface area contributed by atoms with Gasteiger partial charge in [0, 0.05) is 38.8 Å². The largest absolute Gasteiger partial charge is 0.465 e. The van der Waals surface area contributed by atoms with Crippen molar-refractivity contribution in [2.24, 2.45) is 0 Å². The second-order valence-corrected chi connectivity index (χ2v) is 6.42. The summed E-state index contributed by atoms with van der Waals surface area (Å²) in [6.07, 6.45) is 4.81. The summed E-state index contributed by atoms with van der Waals surface area (Å²) in [6, 6.07) is 13.7. The van der Waals surface area contributed by atoms with Crippen LogP contribution in [-0.2, 0) is 4.79 Å². The molecule has 132 valence electrons. The SMILES string of the molecule is CN1CCN(CC(NC(=O)/C=C/c2ccco2)c2ccccc2)CC1. The number of hydrogen-bond donors (Lipinski definition) is 1. The second-order valence-electron chi connectivity index (χ2n) is 6.42. The van der Waals surface area contributed by atoms with Gasteiger partial charge in [0.2, 0.25) is 5.91 Å². The standard InChI is InChI=1S/C20H25N3O2/c1-22-11-13-23(14-12-22)16-19(17-6-3-2-4-7-17)21-20(24)10-9-18-8-5-15-25-18/h2-10,15,19H,11-14,16H2,1H3,(H,21,24)/b10-9+. The van der Waals surface area contributed by atoms with Crippen LogP contribution >= 0.6 is 0 Å². The highest BCUT2D eigenvalue weighted by Gasteiger charge is 2.20. The van der Waals surface area contributed by atoms with Crippen LogP contribution in [0.2, 0.25) is 0 Å². The number of nitrogens with zero attached hydrogens (tertiary/aromatic N) is 2. The van der Waals surface area contributed by atoms with Gasteiger partial charge in [-0.25, -0.2) is 0 Å². The van der Waals surface area contributed by atoms with E-state index in [2.05, 4.69) is 34.3 Å². The number of rotatable bonds is 6. The van der Waals surface area contributed by atoms with Gasteiger partial charge in [0.05, 0.1) is 12.3 Å². The third-order valence-electron chi connectivity index (χ3n) is 4.50. The number of piperazine rings is 1. The van der Waals surface area contributed by atoms with E-state index in [-0.39, 0.29) is 11.9 Å². The molecule has 3 rings (SSSR count). The van der Waals surface area contributed by atoms with Crippen LogP contribution in [0.5, 0.6) is 0 Å². The monoisotopic (exact) mass is 339 g/mol. The molecule has 1 N–H and O–H groups in total. The van der Waals surface area contributed by atoms with E-state index in [0.717, 1.165) is 38.3 Å². The summed E-state index contributed by atoms with van der Waals surface area (Å²) in [7, 11) is 2.15. The maximum Gasteiger partial charge on any atom is 0.244 e. The van der Waals surface area contributed by atoms with Gasteiger partial charge in [0.1, 0.15) is 5.76 Å². The Morgan fingerprint density at radius 3 is 2.60 bits per heavy atom. The molecule has 1 aliphatic heterocycles. The molecule has 1 aromatic heterocycles. The van der Waals surface area contributed by atoms with Crippen molar-refractivity contribution in [2.45, 2.75) is 6.04 Å². The first-order valence-electron chi connectivity index (χ1n) is 8.68. The molecule has 0 saturated carbocycles. The third kappa shape index (κ3) is 5.31. The average molecular weight is 339 g/mol. The Kier molecular flexibility index (Phi) is 6.04. The van der Waals surface area contributed by atoms with Crippen LogP contribution in [0.3, 0.4) is 0 Å². The lowest BCUT2D eigenvalue weighted by molar-refractivity contribution is -0.117. The highest BCUT2D eigenvalue weighted by atomic mass is 16.3. The van der Waals surface area contributed by atoms with Crippen molar-refractivity contribution >= 4 is 12.0 Å². The fourth-order valence-electron chi connectivity index (χ4n) is 2.97. The van der Waals surface area contributed by atoms with Gasteiger partial charge in [-0.05, 0) is 30.8 Å². The van der Waals surface area contributed by atoms with E-state index < -0.39 is 0 Å². The molecule has 1 unspecified atom stereocenters. The Balaban J connectivity index is 1.65. The lowest BCUT2D eigenvalue weighted by Crippen LogP contribution is -2.47. The zero-order chi connectivity index (χ0) is 17.5. The molecule has 0 spiro atoms. The topological polar surface area (TPSA) is 48.7 Å². The van der Waals surface area contributed by atoms with Crippen molar-refractivity contribution < 1.29 is 9.21 Å². The van der Waals surface area contributed by atoms with Gasteiger partial charge >= 0.3 is 0 Å². The molecule has 0 aliphatic carbocycles. The molecule has 2 heterocycles.